The molecule has 0 saturated heterocycles. The maximum Gasteiger partial charge on any atom is 0.338 e. The summed E-state index contributed by atoms with van der Waals surface area (Å²) in [6.45, 7) is 4.42. The van der Waals surface area contributed by atoms with E-state index in [-0.39, 0.29) is 12.1 Å². The molecular weight excluding hydrogens is 496 g/mol. The van der Waals surface area contributed by atoms with Gasteiger partial charge in [0.15, 0.2) is 0 Å². The van der Waals surface area contributed by atoms with E-state index >= 15 is 0 Å². The number of hydrogen-bond donors (Lipinski definition) is 0. The van der Waals surface area contributed by atoms with Gasteiger partial charge in [0.25, 0.3) is 0 Å². The topological polar surface area (TPSA) is 26.3 Å². The zero-order valence-corrected chi connectivity index (χ0v) is 25.0. The van der Waals surface area contributed by atoms with Crippen LogP contribution in [-0.2, 0) is 11.2 Å². The van der Waals surface area contributed by atoms with Crippen LogP contribution in [0, 0.1) is 0 Å². The van der Waals surface area contributed by atoms with Gasteiger partial charge in [0.2, 0.25) is 0 Å². The summed E-state index contributed by atoms with van der Waals surface area (Å²) >= 11 is 1.96. The highest BCUT2D eigenvalue weighted by Crippen LogP contribution is 2.26. The van der Waals surface area contributed by atoms with Crippen LogP contribution in [0.5, 0.6) is 0 Å². The van der Waals surface area contributed by atoms with E-state index in [0.29, 0.717) is 5.56 Å². The molecule has 0 fully saturated rings. The summed E-state index contributed by atoms with van der Waals surface area (Å²) in [5, 5.41) is 0. The van der Waals surface area contributed by atoms with E-state index < -0.39 is 0 Å². The molecule has 2 nitrogen and oxygen atoms in total. The number of rotatable bonds is 19. The molecule has 3 aromatic carbocycles. The van der Waals surface area contributed by atoms with Crippen molar-refractivity contribution < 1.29 is 9.53 Å². The molecule has 3 aromatic rings. The minimum Gasteiger partial charge on any atom is -0.459 e. The van der Waals surface area contributed by atoms with Gasteiger partial charge >= 0.3 is 5.97 Å². The molecule has 1 atom stereocenters. The molecule has 3 heteroatoms. The fraction of sp³-hybridized carbons (Fsp3) is 0.472. The fourth-order valence-electron chi connectivity index (χ4n) is 4.95. The van der Waals surface area contributed by atoms with Gasteiger partial charge in [-0.15, -0.1) is 11.8 Å². The fourth-order valence-corrected chi connectivity index (χ4v) is 5.86. The van der Waals surface area contributed by atoms with Crippen LogP contribution < -0.4 is 0 Å². The maximum absolute atomic E-state index is 12.9. The third-order valence-corrected chi connectivity index (χ3v) is 8.39. The average molecular weight is 545 g/mol. The van der Waals surface area contributed by atoms with Gasteiger partial charge in [0.05, 0.1) is 5.56 Å². The lowest BCUT2D eigenvalue weighted by atomic mass is 10.0. The number of aryl methyl sites for hydroxylation is 1. The van der Waals surface area contributed by atoms with E-state index in [9.17, 15) is 4.79 Å². The molecule has 0 aliphatic heterocycles. The van der Waals surface area contributed by atoms with E-state index in [4.69, 9.17) is 4.74 Å². The SMILES string of the molecule is CCCCCCCCCCSc1ccc(-c2ccc(C(=O)OC(CCC)CCCc3ccccc3)cc2)cc1. The largest absolute Gasteiger partial charge is 0.459 e. The second-order valence-electron chi connectivity index (χ2n) is 10.6. The van der Waals surface area contributed by atoms with Crippen molar-refractivity contribution in [3.8, 4) is 11.1 Å². The monoisotopic (exact) mass is 544 g/mol. The number of thioether (sulfide) groups is 1. The normalized spacial score (nSPS) is 11.8. The van der Waals surface area contributed by atoms with Crippen molar-refractivity contribution in [3.63, 3.8) is 0 Å². The summed E-state index contributed by atoms with van der Waals surface area (Å²) in [7, 11) is 0. The molecule has 0 radical (unpaired) electrons. The number of carbonyl (C=O) groups is 1. The minimum atomic E-state index is -0.215. The summed E-state index contributed by atoms with van der Waals surface area (Å²) in [4.78, 5) is 14.2. The van der Waals surface area contributed by atoms with Crippen LogP contribution in [0.4, 0.5) is 0 Å². The molecule has 0 aliphatic rings. The Morgan fingerprint density at radius 2 is 1.28 bits per heavy atom. The first-order chi connectivity index (χ1) is 19.2. The highest BCUT2D eigenvalue weighted by molar-refractivity contribution is 7.99. The average Bonchev–Trinajstić information content (AvgIpc) is 2.97. The van der Waals surface area contributed by atoms with Gasteiger partial charge in [-0.25, -0.2) is 4.79 Å². The molecule has 0 bridgehead atoms. The van der Waals surface area contributed by atoms with E-state index in [1.165, 1.54) is 73.1 Å². The molecular formula is C36H48O2S. The number of hydrogen-bond acceptors (Lipinski definition) is 3. The third kappa shape index (κ3) is 12.0. The standard InChI is InChI=1S/C36H48O2S/c1-3-5-6-7-8-9-10-14-29-39-35-27-25-32(26-28-35)31-21-23-33(24-22-31)36(37)38-34(16-4-2)20-15-19-30-17-12-11-13-18-30/h11-13,17-18,21-28,34H,3-10,14-16,19-20,29H2,1-2H3. The van der Waals surface area contributed by atoms with E-state index in [2.05, 4.69) is 62.4 Å². The summed E-state index contributed by atoms with van der Waals surface area (Å²) in [6.07, 6.45) is 15.8. The molecule has 0 aliphatic carbocycles. The van der Waals surface area contributed by atoms with Gasteiger partial charge in [0, 0.05) is 4.90 Å². The molecule has 0 N–H and O–H groups in total. The summed E-state index contributed by atoms with van der Waals surface area (Å²) in [5.41, 5.74) is 4.26. The van der Waals surface area contributed by atoms with E-state index in [1.54, 1.807) is 0 Å². The lowest BCUT2D eigenvalue weighted by Crippen LogP contribution is -2.18. The van der Waals surface area contributed by atoms with Gasteiger partial charge in [-0.05, 0) is 78.8 Å². The molecule has 0 heterocycles. The Bertz CT molecular complexity index is 1040. The van der Waals surface area contributed by atoms with Gasteiger partial charge in [-0.3, -0.25) is 0 Å². The predicted molar refractivity (Wildman–Crippen MR) is 169 cm³/mol. The molecule has 0 amide bonds. The zero-order chi connectivity index (χ0) is 27.5. The Morgan fingerprint density at radius 3 is 1.92 bits per heavy atom. The first kappa shape index (κ1) is 31.0. The smallest absolute Gasteiger partial charge is 0.338 e. The van der Waals surface area contributed by atoms with Gasteiger partial charge in [-0.2, -0.15) is 0 Å². The number of carbonyl (C=O) groups excluding carboxylic acids is 1. The van der Waals surface area contributed by atoms with Gasteiger partial charge in [0.1, 0.15) is 6.10 Å². The van der Waals surface area contributed by atoms with Crippen molar-refractivity contribution in [2.45, 2.75) is 108 Å². The zero-order valence-electron chi connectivity index (χ0n) is 24.2. The molecule has 0 saturated carbocycles. The number of benzene rings is 3. The quantitative estimate of drug-likeness (QED) is 0.0853. The van der Waals surface area contributed by atoms with Crippen LogP contribution in [-0.4, -0.2) is 17.8 Å². The highest BCUT2D eigenvalue weighted by atomic mass is 32.2. The number of ether oxygens (including phenoxy) is 1. The van der Waals surface area contributed by atoms with E-state index in [1.807, 2.05) is 42.1 Å². The molecule has 3 rings (SSSR count). The first-order valence-electron chi connectivity index (χ1n) is 15.3. The van der Waals surface area contributed by atoms with Crippen LogP contribution in [0.1, 0.15) is 107 Å². The maximum atomic E-state index is 12.9. The van der Waals surface area contributed by atoms with Crippen LogP contribution >= 0.6 is 11.8 Å². The second kappa shape index (κ2) is 18.7. The molecule has 210 valence electrons. The summed E-state index contributed by atoms with van der Waals surface area (Å²) in [5.74, 6) is 0.976. The van der Waals surface area contributed by atoms with Crippen molar-refractivity contribution in [2.75, 3.05) is 5.75 Å². The predicted octanol–water partition coefficient (Wildman–Crippen LogP) is 10.9. The Hall–Kier alpha value is -2.52. The Labute approximate surface area is 242 Å². The lowest BCUT2D eigenvalue weighted by Gasteiger charge is -2.17. The highest BCUT2D eigenvalue weighted by Gasteiger charge is 2.15. The summed E-state index contributed by atoms with van der Waals surface area (Å²) < 4.78 is 5.92. The van der Waals surface area contributed by atoms with Crippen molar-refractivity contribution in [1.29, 1.82) is 0 Å². The van der Waals surface area contributed by atoms with Gasteiger partial charge < -0.3 is 4.74 Å². The van der Waals surface area contributed by atoms with Crippen LogP contribution in [0.15, 0.2) is 83.8 Å². The molecule has 39 heavy (non-hydrogen) atoms. The van der Waals surface area contributed by atoms with Gasteiger partial charge in [-0.1, -0.05) is 120 Å². The van der Waals surface area contributed by atoms with Crippen molar-refractivity contribution >= 4 is 17.7 Å². The van der Waals surface area contributed by atoms with Crippen molar-refractivity contribution in [1.82, 2.24) is 0 Å². The Kier molecular flexibility index (Phi) is 14.9. The Balaban J connectivity index is 1.40. The molecule has 1 unspecified atom stereocenters. The first-order valence-corrected chi connectivity index (χ1v) is 16.3. The summed E-state index contributed by atoms with van der Waals surface area (Å²) in [6, 6.07) is 27.2. The lowest BCUT2D eigenvalue weighted by molar-refractivity contribution is 0.0255. The van der Waals surface area contributed by atoms with Crippen LogP contribution in [0.2, 0.25) is 0 Å². The second-order valence-corrected chi connectivity index (χ2v) is 11.8. The van der Waals surface area contributed by atoms with Crippen molar-refractivity contribution in [3.05, 3.63) is 90.0 Å². The minimum absolute atomic E-state index is 0.0262. The van der Waals surface area contributed by atoms with Crippen molar-refractivity contribution in [2.24, 2.45) is 0 Å². The third-order valence-electron chi connectivity index (χ3n) is 7.29. The van der Waals surface area contributed by atoms with Crippen LogP contribution in [0.3, 0.4) is 0 Å². The van der Waals surface area contributed by atoms with E-state index in [0.717, 1.165) is 37.7 Å². The Morgan fingerprint density at radius 1 is 0.667 bits per heavy atom. The number of unbranched alkanes of at least 4 members (excludes halogenated alkanes) is 7. The molecule has 0 aromatic heterocycles. The number of esters is 1. The van der Waals surface area contributed by atoms with Crippen LogP contribution in [0.25, 0.3) is 11.1 Å². The molecule has 0 spiro atoms.